The molecule has 1 aromatic heterocycles. The Hall–Kier alpha value is -1.73. The first kappa shape index (κ1) is 11.7. The Morgan fingerprint density at radius 2 is 2.00 bits per heavy atom. The maximum Gasteiger partial charge on any atom is 0.176 e. The van der Waals surface area contributed by atoms with Crippen LogP contribution in [-0.4, -0.2) is 25.0 Å². The van der Waals surface area contributed by atoms with E-state index in [1.165, 1.54) is 6.07 Å². The van der Waals surface area contributed by atoms with Crippen LogP contribution in [0.3, 0.4) is 0 Å². The standard InChI is InChI=1S/C10H11N3O3S/c1-17(14,15)9-5-3-2-4-7(9)10-8(6-11)12-16-13-10/h2-5H,6,11H2,1H3. The molecule has 0 amide bonds. The minimum absolute atomic E-state index is 0.136. The molecule has 0 aliphatic heterocycles. The topological polar surface area (TPSA) is 99.1 Å². The normalized spacial score (nSPS) is 11.6. The summed E-state index contributed by atoms with van der Waals surface area (Å²) in [6, 6.07) is 6.53. The van der Waals surface area contributed by atoms with E-state index >= 15 is 0 Å². The third-order valence-corrected chi connectivity index (χ3v) is 3.45. The molecule has 0 saturated heterocycles. The number of aromatic nitrogens is 2. The van der Waals surface area contributed by atoms with Crippen LogP contribution in [0.5, 0.6) is 0 Å². The molecular formula is C10H11N3O3S. The zero-order valence-electron chi connectivity index (χ0n) is 9.12. The Morgan fingerprint density at radius 1 is 1.29 bits per heavy atom. The van der Waals surface area contributed by atoms with Gasteiger partial charge in [-0.3, -0.25) is 0 Å². The van der Waals surface area contributed by atoms with Crippen molar-refractivity contribution in [1.29, 1.82) is 0 Å². The highest BCUT2D eigenvalue weighted by Gasteiger charge is 2.19. The Labute approximate surface area is 98.3 Å². The predicted molar refractivity (Wildman–Crippen MR) is 60.7 cm³/mol. The molecule has 0 fully saturated rings. The van der Waals surface area contributed by atoms with Gasteiger partial charge in [-0.25, -0.2) is 13.0 Å². The van der Waals surface area contributed by atoms with E-state index in [0.717, 1.165) is 6.26 Å². The quantitative estimate of drug-likeness (QED) is 0.859. The smallest absolute Gasteiger partial charge is 0.176 e. The summed E-state index contributed by atoms with van der Waals surface area (Å²) >= 11 is 0. The van der Waals surface area contributed by atoms with Gasteiger partial charge in [0.2, 0.25) is 0 Å². The molecular weight excluding hydrogens is 242 g/mol. The van der Waals surface area contributed by atoms with Crippen molar-refractivity contribution in [1.82, 2.24) is 10.3 Å². The highest BCUT2D eigenvalue weighted by atomic mass is 32.2. The van der Waals surface area contributed by atoms with E-state index < -0.39 is 9.84 Å². The summed E-state index contributed by atoms with van der Waals surface area (Å²) in [6.07, 6.45) is 1.14. The van der Waals surface area contributed by atoms with Gasteiger partial charge in [0.15, 0.2) is 9.84 Å². The van der Waals surface area contributed by atoms with Gasteiger partial charge in [0.25, 0.3) is 0 Å². The molecule has 0 bridgehead atoms. The summed E-state index contributed by atoms with van der Waals surface area (Å²) in [6.45, 7) is 0.136. The van der Waals surface area contributed by atoms with Crippen molar-refractivity contribution < 1.29 is 13.0 Å². The van der Waals surface area contributed by atoms with E-state index in [2.05, 4.69) is 14.9 Å². The van der Waals surface area contributed by atoms with Gasteiger partial charge < -0.3 is 5.73 Å². The van der Waals surface area contributed by atoms with Crippen molar-refractivity contribution in [3.8, 4) is 11.3 Å². The average molecular weight is 253 g/mol. The Balaban J connectivity index is 2.69. The second-order valence-electron chi connectivity index (χ2n) is 3.53. The molecule has 7 heteroatoms. The van der Waals surface area contributed by atoms with E-state index in [1.54, 1.807) is 18.2 Å². The van der Waals surface area contributed by atoms with Crippen LogP contribution in [0, 0.1) is 0 Å². The van der Waals surface area contributed by atoms with Gasteiger partial charge in [0, 0.05) is 18.4 Å². The molecule has 0 radical (unpaired) electrons. The maximum absolute atomic E-state index is 11.6. The number of rotatable bonds is 3. The van der Waals surface area contributed by atoms with Gasteiger partial charge in [-0.05, 0) is 11.2 Å². The van der Waals surface area contributed by atoms with Crippen LogP contribution in [0.25, 0.3) is 11.3 Å². The van der Waals surface area contributed by atoms with E-state index in [-0.39, 0.29) is 11.4 Å². The second kappa shape index (κ2) is 4.27. The summed E-state index contributed by atoms with van der Waals surface area (Å²) in [5, 5.41) is 7.33. The van der Waals surface area contributed by atoms with E-state index in [4.69, 9.17) is 5.73 Å². The average Bonchev–Trinajstić information content (AvgIpc) is 2.75. The van der Waals surface area contributed by atoms with E-state index in [0.29, 0.717) is 17.0 Å². The molecule has 0 aliphatic rings. The second-order valence-corrected chi connectivity index (χ2v) is 5.52. The van der Waals surface area contributed by atoms with Crippen LogP contribution >= 0.6 is 0 Å². The Kier molecular flexibility index (Phi) is 2.95. The zero-order valence-corrected chi connectivity index (χ0v) is 9.94. The van der Waals surface area contributed by atoms with Crippen LogP contribution < -0.4 is 5.73 Å². The van der Waals surface area contributed by atoms with Crippen molar-refractivity contribution in [2.45, 2.75) is 11.4 Å². The fourth-order valence-electron chi connectivity index (χ4n) is 1.53. The lowest BCUT2D eigenvalue weighted by Crippen LogP contribution is -2.03. The lowest BCUT2D eigenvalue weighted by Gasteiger charge is -2.04. The fraction of sp³-hybridized carbons (Fsp3) is 0.200. The molecule has 2 N–H and O–H groups in total. The lowest BCUT2D eigenvalue weighted by atomic mass is 10.1. The van der Waals surface area contributed by atoms with Crippen molar-refractivity contribution in [2.75, 3.05) is 6.26 Å². The number of nitrogens with zero attached hydrogens (tertiary/aromatic N) is 2. The van der Waals surface area contributed by atoms with Crippen LogP contribution in [0.4, 0.5) is 0 Å². The van der Waals surface area contributed by atoms with Gasteiger partial charge in [0.1, 0.15) is 11.4 Å². The minimum Gasteiger partial charge on any atom is -0.325 e. The van der Waals surface area contributed by atoms with Gasteiger partial charge in [-0.2, -0.15) is 0 Å². The molecule has 2 rings (SSSR count). The minimum atomic E-state index is -3.33. The maximum atomic E-state index is 11.6. The molecule has 17 heavy (non-hydrogen) atoms. The summed E-state index contributed by atoms with van der Waals surface area (Å²) in [7, 11) is -3.33. The first-order chi connectivity index (χ1) is 8.04. The molecule has 1 heterocycles. The molecule has 0 aliphatic carbocycles. The number of hydrogen-bond donors (Lipinski definition) is 1. The molecule has 2 aromatic rings. The van der Waals surface area contributed by atoms with Crippen LogP contribution in [0.15, 0.2) is 33.8 Å². The first-order valence-corrected chi connectivity index (χ1v) is 6.74. The Morgan fingerprint density at radius 3 is 2.65 bits per heavy atom. The number of nitrogens with two attached hydrogens (primary N) is 1. The summed E-state index contributed by atoms with van der Waals surface area (Å²) < 4.78 is 27.9. The molecule has 0 saturated carbocycles. The van der Waals surface area contributed by atoms with Crippen molar-refractivity contribution >= 4 is 9.84 Å². The van der Waals surface area contributed by atoms with E-state index in [9.17, 15) is 8.42 Å². The van der Waals surface area contributed by atoms with Crippen molar-refractivity contribution in [3.63, 3.8) is 0 Å². The van der Waals surface area contributed by atoms with Crippen molar-refractivity contribution in [2.24, 2.45) is 5.73 Å². The largest absolute Gasteiger partial charge is 0.325 e. The monoisotopic (exact) mass is 253 g/mol. The van der Waals surface area contributed by atoms with Crippen molar-refractivity contribution in [3.05, 3.63) is 30.0 Å². The Bertz CT molecular complexity index is 634. The molecule has 90 valence electrons. The molecule has 0 atom stereocenters. The first-order valence-electron chi connectivity index (χ1n) is 4.85. The number of hydrogen-bond acceptors (Lipinski definition) is 6. The molecule has 1 aromatic carbocycles. The van der Waals surface area contributed by atoms with Gasteiger partial charge in [-0.1, -0.05) is 23.4 Å². The fourth-order valence-corrected chi connectivity index (χ4v) is 2.42. The number of sulfone groups is 1. The van der Waals surface area contributed by atoms with Crippen LogP contribution in [0.1, 0.15) is 5.69 Å². The van der Waals surface area contributed by atoms with Gasteiger partial charge in [0.05, 0.1) is 4.90 Å². The SMILES string of the molecule is CS(=O)(=O)c1ccccc1-c1nonc1CN. The summed E-state index contributed by atoms with van der Waals surface area (Å²) in [4.78, 5) is 0.186. The summed E-state index contributed by atoms with van der Waals surface area (Å²) in [5.74, 6) is 0. The third kappa shape index (κ3) is 2.20. The zero-order chi connectivity index (χ0) is 12.5. The third-order valence-electron chi connectivity index (χ3n) is 2.29. The van der Waals surface area contributed by atoms with Gasteiger partial charge >= 0.3 is 0 Å². The van der Waals surface area contributed by atoms with Crippen LogP contribution in [0.2, 0.25) is 0 Å². The van der Waals surface area contributed by atoms with Gasteiger partial charge in [-0.15, -0.1) is 0 Å². The molecule has 0 unspecified atom stereocenters. The highest BCUT2D eigenvalue weighted by Crippen LogP contribution is 2.27. The predicted octanol–water partition coefficient (Wildman–Crippen LogP) is 0.599. The molecule has 0 spiro atoms. The molecule has 6 nitrogen and oxygen atoms in total. The van der Waals surface area contributed by atoms with Crippen LogP contribution in [-0.2, 0) is 16.4 Å². The lowest BCUT2D eigenvalue weighted by molar-refractivity contribution is 0.304. The number of benzene rings is 1. The summed E-state index contributed by atoms with van der Waals surface area (Å²) in [5.41, 5.74) is 6.74. The van der Waals surface area contributed by atoms with E-state index in [1.807, 2.05) is 0 Å². The highest BCUT2D eigenvalue weighted by molar-refractivity contribution is 7.90.